The molecule has 234 valence electrons. The van der Waals surface area contributed by atoms with Crippen molar-refractivity contribution >= 4 is 29.4 Å². The molecule has 3 amide bonds. The highest BCUT2D eigenvalue weighted by Crippen LogP contribution is 2.48. The molecule has 3 N–H and O–H groups in total. The van der Waals surface area contributed by atoms with Crippen molar-refractivity contribution in [1.29, 1.82) is 5.26 Å². The number of likely N-dealkylation sites (tertiary alicyclic amines) is 1. The average molecular weight is 617 g/mol. The second kappa shape index (κ2) is 12.8. The Morgan fingerprint density at radius 1 is 1.16 bits per heavy atom. The molecule has 3 unspecified atom stereocenters. The van der Waals surface area contributed by atoms with Crippen LogP contribution >= 0.6 is 11.8 Å². The third-order valence-electron chi connectivity index (χ3n) is 10.1. The molecule has 9 nitrogen and oxygen atoms in total. The van der Waals surface area contributed by atoms with E-state index in [4.69, 9.17) is 4.74 Å². The fourth-order valence-electron chi connectivity index (χ4n) is 7.73. The average Bonchev–Trinajstić information content (AvgIpc) is 3.77. The van der Waals surface area contributed by atoms with Gasteiger partial charge >= 0.3 is 6.03 Å². The van der Waals surface area contributed by atoms with E-state index in [0.29, 0.717) is 17.4 Å². The number of carbonyl (C=O) groups excluding carboxylic acids is 2. The van der Waals surface area contributed by atoms with Gasteiger partial charge in [0.2, 0.25) is 0 Å². The summed E-state index contributed by atoms with van der Waals surface area (Å²) in [6.07, 6.45) is 13.5. The van der Waals surface area contributed by atoms with E-state index < -0.39 is 0 Å². The monoisotopic (exact) mass is 616 g/mol. The van der Waals surface area contributed by atoms with Gasteiger partial charge in [-0.1, -0.05) is 24.3 Å². The zero-order chi connectivity index (χ0) is 30.2. The van der Waals surface area contributed by atoms with Crippen LogP contribution in [0, 0.1) is 30.1 Å². The van der Waals surface area contributed by atoms with Crippen molar-refractivity contribution in [1.82, 2.24) is 20.9 Å². The predicted molar refractivity (Wildman–Crippen MR) is 172 cm³/mol. The van der Waals surface area contributed by atoms with Gasteiger partial charge in [-0.05, 0) is 107 Å². The Bertz CT molecular complexity index is 1390. The third kappa shape index (κ3) is 6.24. The van der Waals surface area contributed by atoms with E-state index >= 15 is 0 Å². The summed E-state index contributed by atoms with van der Waals surface area (Å²) in [6.45, 7) is 5.16. The molecule has 0 radical (unpaired) electrons. The second-order valence-electron chi connectivity index (χ2n) is 13.4. The molecule has 44 heavy (non-hydrogen) atoms. The van der Waals surface area contributed by atoms with Gasteiger partial charge in [0.05, 0.1) is 28.5 Å². The summed E-state index contributed by atoms with van der Waals surface area (Å²) in [4.78, 5) is 32.3. The Balaban J connectivity index is 1.04. The smallest absolute Gasteiger partial charge is 0.326 e. The number of hydrogen-bond donors (Lipinski definition) is 3. The van der Waals surface area contributed by atoms with Gasteiger partial charge in [0.25, 0.3) is 5.91 Å². The quantitative estimate of drug-likeness (QED) is 0.355. The van der Waals surface area contributed by atoms with Crippen LogP contribution < -0.4 is 25.6 Å². The highest BCUT2D eigenvalue weighted by molar-refractivity contribution is 8.04. The lowest BCUT2D eigenvalue weighted by Gasteiger charge is -2.46. The van der Waals surface area contributed by atoms with E-state index in [9.17, 15) is 14.9 Å². The summed E-state index contributed by atoms with van der Waals surface area (Å²) < 4.78 is 6.30. The van der Waals surface area contributed by atoms with Crippen molar-refractivity contribution in [3.05, 3.63) is 46.0 Å². The molecule has 1 aromatic rings. The number of urea groups is 1. The number of nitrogens with one attached hydrogen (secondary N) is 3. The number of carbonyl (C=O) groups is 2. The Kier molecular flexibility index (Phi) is 8.62. The maximum atomic E-state index is 13.8. The highest BCUT2D eigenvalue weighted by Gasteiger charge is 2.52. The summed E-state index contributed by atoms with van der Waals surface area (Å²) in [5, 5.41) is 19.7. The number of nitriles is 1. The van der Waals surface area contributed by atoms with Crippen LogP contribution in [0.2, 0.25) is 0 Å². The standard InChI is InChI=1S/C34H44N6O3S/c1-21-16-26(43-25-7-3-2-4-8-25)11-12-27(21)40-28-13-14-36-33-29(28)30(38-34(40)42)31(44-33)32(41)37-24-6-5-15-39(20-24)19-23(18-35)17-22-9-10-22/h11-12,16-17,22,24-25,28-29,33,36H,2-10,13-15,19-20H2,1H3,(H,37,41)(H,38,42)/b23-17+/t24-,28?,29?,33?/m1/s1. The summed E-state index contributed by atoms with van der Waals surface area (Å²) >= 11 is 1.55. The van der Waals surface area contributed by atoms with Gasteiger partial charge in [0.1, 0.15) is 5.75 Å². The molecule has 6 aliphatic rings. The zero-order valence-electron chi connectivity index (χ0n) is 25.6. The number of thioether (sulfide) groups is 1. The molecule has 4 atom stereocenters. The summed E-state index contributed by atoms with van der Waals surface area (Å²) in [6, 6.07) is 8.30. The first-order valence-electron chi connectivity index (χ1n) is 16.6. The molecule has 2 saturated carbocycles. The van der Waals surface area contributed by atoms with Crippen molar-refractivity contribution in [3.63, 3.8) is 0 Å². The van der Waals surface area contributed by atoms with Crippen LogP contribution in [0.4, 0.5) is 10.5 Å². The number of anilines is 1. The number of amides is 3. The van der Waals surface area contributed by atoms with Crippen LogP contribution in [0.25, 0.3) is 0 Å². The van der Waals surface area contributed by atoms with Crippen molar-refractivity contribution in [3.8, 4) is 11.8 Å². The minimum Gasteiger partial charge on any atom is -0.490 e. The number of aryl methyl sites for hydroxylation is 1. The lowest BCUT2D eigenvalue weighted by molar-refractivity contribution is -0.117. The fourth-order valence-corrected chi connectivity index (χ4v) is 9.13. The first-order valence-corrected chi connectivity index (χ1v) is 17.5. The van der Waals surface area contributed by atoms with E-state index in [1.165, 1.54) is 32.1 Å². The van der Waals surface area contributed by atoms with Crippen LogP contribution in [0.15, 0.2) is 40.5 Å². The van der Waals surface area contributed by atoms with Crippen LogP contribution in [-0.2, 0) is 4.79 Å². The fraction of sp³-hybridized carbons (Fsp3) is 0.618. The molecule has 2 aliphatic carbocycles. The molecule has 7 rings (SSSR count). The van der Waals surface area contributed by atoms with Gasteiger partial charge in [-0.15, -0.1) is 0 Å². The number of ether oxygens (including phenoxy) is 1. The van der Waals surface area contributed by atoms with Crippen molar-refractivity contribution in [2.24, 2.45) is 11.8 Å². The maximum Gasteiger partial charge on any atom is 0.326 e. The van der Waals surface area contributed by atoms with Gasteiger partial charge in [-0.3, -0.25) is 14.6 Å². The molecular weight excluding hydrogens is 572 g/mol. The first-order chi connectivity index (χ1) is 21.5. The predicted octanol–water partition coefficient (Wildman–Crippen LogP) is 4.94. The molecule has 3 saturated heterocycles. The van der Waals surface area contributed by atoms with Gasteiger partial charge in [0, 0.05) is 42.0 Å². The number of hydrogen-bond acceptors (Lipinski definition) is 7. The van der Waals surface area contributed by atoms with Gasteiger partial charge < -0.3 is 20.7 Å². The topological polar surface area (TPSA) is 110 Å². The summed E-state index contributed by atoms with van der Waals surface area (Å²) in [7, 11) is 0. The van der Waals surface area contributed by atoms with Crippen molar-refractivity contribution in [2.75, 3.05) is 31.1 Å². The molecule has 5 fully saturated rings. The molecule has 4 heterocycles. The molecule has 1 aromatic carbocycles. The second-order valence-corrected chi connectivity index (χ2v) is 14.6. The Hall–Kier alpha value is -3.00. The van der Waals surface area contributed by atoms with Crippen LogP contribution in [0.1, 0.15) is 69.8 Å². The molecule has 10 heteroatoms. The van der Waals surface area contributed by atoms with Crippen LogP contribution in [0.3, 0.4) is 0 Å². The van der Waals surface area contributed by atoms with E-state index in [-0.39, 0.29) is 41.4 Å². The largest absolute Gasteiger partial charge is 0.490 e. The highest BCUT2D eigenvalue weighted by atomic mass is 32.2. The number of allylic oxidation sites excluding steroid dienone is 1. The summed E-state index contributed by atoms with van der Waals surface area (Å²) in [5.41, 5.74) is 3.53. The summed E-state index contributed by atoms with van der Waals surface area (Å²) in [5.74, 6) is 1.36. The van der Waals surface area contributed by atoms with E-state index in [2.05, 4.69) is 46.0 Å². The molecular formula is C34H44N6O3S. The molecule has 0 spiro atoms. The lowest BCUT2D eigenvalue weighted by Crippen LogP contribution is -2.62. The number of nitrogens with zero attached hydrogens (tertiary/aromatic N) is 3. The van der Waals surface area contributed by atoms with Gasteiger partial charge in [0.15, 0.2) is 0 Å². The zero-order valence-corrected chi connectivity index (χ0v) is 26.5. The number of benzene rings is 1. The van der Waals surface area contributed by atoms with Gasteiger partial charge in [-0.25, -0.2) is 4.79 Å². The Morgan fingerprint density at radius 3 is 2.77 bits per heavy atom. The molecule has 4 aliphatic heterocycles. The van der Waals surface area contributed by atoms with Crippen molar-refractivity contribution < 1.29 is 14.3 Å². The Labute approximate surface area is 264 Å². The normalized spacial score (nSPS) is 29.6. The number of piperidine rings is 2. The minimum atomic E-state index is -0.172. The van der Waals surface area contributed by atoms with Gasteiger partial charge in [-0.2, -0.15) is 5.26 Å². The molecule has 0 bridgehead atoms. The van der Waals surface area contributed by atoms with Crippen molar-refractivity contribution in [2.45, 2.75) is 94.7 Å². The Morgan fingerprint density at radius 2 is 2.00 bits per heavy atom. The third-order valence-corrected chi connectivity index (χ3v) is 11.4. The SMILES string of the molecule is Cc1cc(OC2CCCCC2)ccc1N1C(=O)NC2=C(C(=O)N[C@@H]3CCCN(C/C(C#N)=C/C4CC4)C3)SC3NCCC1C23. The van der Waals surface area contributed by atoms with E-state index in [1.807, 2.05) is 17.0 Å². The maximum absolute atomic E-state index is 13.8. The molecule has 0 aromatic heterocycles. The lowest BCUT2D eigenvalue weighted by atomic mass is 9.86. The van der Waals surface area contributed by atoms with Crippen LogP contribution in [0.5, 0.6) is 5.75 Å². The van der Waals surface area contributed by atoms with E-state index in [1.54, 1.807) is 11.8 Å². The first kappa shape index (κ1) is 29.7. The van der Waals surface area contributed by atoms with Crippen LogP contribution in [-0.4, -0.2) is 66.6 Å². The van der Waals surface area contributed by atoms with E-state index in [0.717, 1.165) is 80.0 Å². The minimum absolute atomic E-state index is 0.0124. The number of rotatable bonds is 8.